The van der Waals surface area contributed by atoms with Crippen molar-refractivity contribution in [3.05, 3.63) is 35.4 Å². The Bertz CT molecular complexity index is 414. The zero-order valence-corrected chi connectivity index (χ0v) is 10.0. The van der Waals surface area contributed by atoms with Crippen LogP contribution >= 0.6 is 11.8 Å². The van der Waals surface area contributed by atoms with Gasteiger partial charge in [0.15, 0.2) is 11.0 Å². The number of carbonyl (C=O) groups excluding carboxylic acids is 1. The highest BCUT2D eigenvalue weighted by Gasteiger charge is 2.20. The number of aryl methyl sites for hydroxylation is 1. The third-order valence-corrected chi connectivity index (χ3v) is 3.51. The minimum Gasteiger partial charge on any atom is -0.343 e. The molecule has 2 rings (SSSR count). The first-order valence-electron chi connectivity index (χ1n) is 5.23. The van der Waals surface area contributed by atoms with E-state index in [4.69, 9.17) is 5.41 Å². The molecule has 1 fully saturated rings. The van der Waals surface area contributed by atoms with Gasteiger partial charge in [-0.25, -0.2) is 0 Å². The van der Waals surface area contributed by atoms with Gasteiger partial charge in [0.1, 0.15) is 0 Å². The van der Waals surface area contributed by atoms with Crippen LogP contribution in [-0.2, 0) is 0 Å². The van der Waals surface area contributed by atoms with Crippen molar-refractivity contribution in [2.75, 3.05) is 18.8 Å². The first-order chi connectivity index (χ1) is 7.66. The van der Waals surface area contributed by atoms with Gasteiger partial charge in [0, 0.05) is 17.9 Å². The third-order valence-electron chi connectivity index (χ3n) is 2.60. The summed E-state index contributed by atoms with van der Waals surface area (Å²) in [4.78, 5) is 13.7. The van der Waals surface area contributed by atoms with Gasteiger partial charge in [-0.3, -0.25) is 10.2 Å². The van der Waals surface area contributed by atoms with Crippen molar-refractivity contribution in [1.29, 1.82) is 5.41 Å². The number of rotatable bonds is 3. The minimum absolute atomic E-state index is 0.0900. The molecule has 1 N–H and O–H groups in total. The molecular formula is C12H14N2OS. The largest absolute Gasteiger partial charge is 0.343 e. The van der Waals surface area contributed by atoms with E-state index in [2.05, 4.69) is 0 Å². The molecule has 1 aromatic rings. The molecule has 0 aromatic heterocycles. The van der Waals surface area contributed by atoms with Crippen LogP contribution in [0.4, 0.5) is 0 Å². The van der Waals surface area contributed by atoms with Crippen LogP contribution in [0.15, 0.2) is 24.3 Å². The molecule has 0 spiro atoms. The van der Waals surface area contributed by atoms with Crippen molar-refractivity contribution in [3.63, 3.8) is 0 Å². The number of hydrogen-bond donors (Lipinski definition) is 1. The number of benzene rings is 1. The van der Waals surface area contributed by atoms with Crippen LogP contribution in [0.5, 0.6) is 0 Å². The second-order valence-corrected chi connectivity index (χ2v) is 4.95. The van der Waals surface area contributed by atoms with E-state index in [1.165, 1.54) is 11.8 Å². The molecule has 1 saturated heterocycles. The quantitative estimate of drug-likeness (QED) is 0.815. The highest BCUT2D eigenvalue weighted by atomic mass is 32.2. The predicted octanol–water partition coefficient (Wildman–Crippen LogP) is 2.16. The van der Waals surface area contributed by atoms with E-state index in [1.807, 2.05) is 36.1 Å². The van der Waals surface area contributed by atoms with Crippen LogP contribution in [0, 0.1) is 12.3 Å². The normalized spacial score (nSPS) is 15.6. The fraction of sp³-hybridized carbons (Fsp3) is 0.333. The van der Waals surface area contributed by atoms with Gasteiger partial charge in [0.05, 0.1) is 6.54 Å². The lowest BCUT2D eigenvalue weighted by molar-refractivity contribution is 0.0966. The molecule has 16 heavy (non-hydrogen) atoms. The average Bonchev–Trinajstić information content (AvgIpc) is 2.65. The summed E-state index contributed by atoms with van der Waals surface area (Å²) in [6.07, 6.45) is 0. The predicted molar refractivity (Wildman–Crippen MR) is 67.3 cm³/mol. The Morgan fingerprint density at radius 3 is 2.69 bits per heavy atom. The molecule has 0 atom stereocenters. The zero-order valence-electron chi connectivity index (χ0n) is 9.19. The molecule has 0 amide bonds. The molecule has 3 nitrogen and oxygen atoms in total. The molecule has 1 heterocycles. The maximum atomic E-state index is 11.9. The molecule has 1 aliphatic rings. The number of hydrogen-bond acceptors (Lipinski definition) is 3. The smallest absolute Gasteiger partial charge is 0.182 e. The summed E-state index contributed by atoms with van der Waals surface area (Å²) in [7, 11) is 0. The molecule has 1 aromatic carbocycles. The molecule has 4 heteroatoms. The highest BCUT2D eigenvalue weighted by Crippen LogP contribution is 2.16. The highest BCUT2D eigenvalue weighted by molar-refractivity contribution is 8.14. The molecule has 0 radical (unpaired) electrons. The van der Waals surface area contributed by atoms with Crippen LogP contribution < -0.4 is 0 Å². The number of nitrogens with zero attached hydrogens (tertiary/aromatic N) is 1. The first-order valence-corrected chi connectivity index (χ1v) is 6.21. The summed E-state index contributed by atoms with van der Waals surface area (Å²) < 4.78 is 0. The zero-order chi connectivity index (χ0) is 11.5. The summed E-state index contributed by atoms with van der Waals surface area (Å²) in [5.41, 5.74) is 1.89. The second-order valence-electron chi connectivity index (χ2n) is 3.86. The summed E-state index contributed by atoms with van der Waals surface area (Å²) in [6.45, 7) is 3.14. The van der Waals surface area contributed by atoms with Crippen molar-refractivity contribution in [2.45, 2.75) is 6.92 Å². The van der Waals surface area contributed by atoms with Gasteiger partial charge in [-0.1, -0.05) is 41.6 Å². The van der Waals surface area contributed by atoms with Crippen molar-refractivity contribution in [2.24, 2.45) is 0 Å². The lowest BCUT2D eigenvalue weighted by atomic mass is 10.1. The Labute approximate surface area is 99.3 Å². The fourth-order valence-corrected chi connectivity index (χ4v) is 2.44. The summed E-state index contributed by atoms with van der Waals surface area (Å²) in [5, 5.41) is 8.15. The lowest BCUT2D eigenvalue weighted by Gasteiger charge is -2.15. The monoisotopic (exact) mass is 234 g/mol. The topological polar surface area (TPSA) is 44.2 Å². The number of carbonyl (C=O) groups is 1. The molecule has 0 aliphatic carbocycles. The third kappa shape index (κ3) is 2.44. The number of Topliss-reactive ketones (excluding diaryl/α,β-unsaturated/α-hetero) is 1. The second kappa shape index (κ2) is 4.70. The van der Waals surface area contributed by atoms with Gasteiger partial charge in [0.25, 0.3) is 0 Å². The minimum atomic E-state index is 0.0900. The Kier molecular flexibility index (Phi) is 3.29. The van der Waals surface area contributed by atoms with Crippen LogP contribution in [0.3, 0.4) is 0 Å². The standard InChI is InChI=1S/C12H14N2OS/c1-9-2-4-10(5-3-9)11(15)8-14-6-7-16-12(14)13/h2-5,13H,6-8H2,1H3. The summed E-state index contributed by atoms with van der Waals surface area (Å²) in [6, 6.07) is 7.59. The van der Waals surface area contributed by atoms with E-state index in [9.17, 15) is 4.79 Å². The van der Waals surface area contributed by atoms with E-state index >= 15 is 0 Å². The maximum absolute atomic E-state index is 11.9. The van der Waals surface area contributed by atoms with Crippen molar-refractivity contribution < 1.29 is 4.79 Å². The Morgan fingerprint density at radius 2 is 2.12 bits per heavy atom. The van der Waals surface area contributed by atoms with E-state index < -0.39 is 0 Å². The number of amidine groups is 1. The molecule has 1 aliphatic heterocycles. The van der Waals surface area contributed by atoms with Gasteiger partial charge in [-0.2, -0.15) is 0 Å². The van der Waals surface area contributed by atoms with Gasteiger partial charge in [-0.15, -0.1) is 0 Å². The number of thioether (sulfide) groups is 1. The first kappa shape index (κ1) is 11.2. The van der Waals surface area contributed by atoms with Crippen LogP contribution in [-0.4, -0.2) is 34.7 Å². The molecule has 0 bridgehead atoms. The Hall–Kier alpha value is -1.29. The van der Waals surface area contributed by atoms with E-state index in [0.29, 0.717) is 11.7 Å². The molecular weight excluding hydrogens is 220 g/mol. The van der Waals surface area contributed by atoms with Crippen molar-refractivity contribution in [1.82, 2.24) is 4.90 Å². The molecule has 84 valence electrons. The molecule has 0 saturated carbocycles. The Balaban J connectivity index is 2.02. The van der Waals surface area contributed by atoms with E-state index in [0.717, 1.165) is 23.4 Å². The van der Waals surface area contributed by atoms with Gasteiger partial charge in [0.2, 0.25) is 0 Å². The van der Waals surface area contributed by atoms with Crippen LogP contribution in [0.1, 0.15) is 15.9 Å². The van der Waals surface area contributed by atoms with E-state index in [1.54, 1.807) is 0 Å². The van der Waals surface area contributed by atoms with Crippen LogP contribution in [0.2, 0.25) is 0 Å². The summed E-state index contributed by atoms with van der Waals surface area (Å²) in [5.74, 6) is 1.01. The van der Waals surface area contributed by atoms with Gasteiger partial charge >= 0.3 is 0 Å². The SMILES string of the molecule is Cc1ccc(C(=O)CN2CCSC2=N)cc1. The number of ketones is 1. The lowest BCUT2D eigenvalue weighted by Crippen LogP contribution is -2.30. The molecule has 0 unspecified atom stereocenters. The van der Waals surface area contributed by atoms with Crippen molar-refractivity contribution in [3.8, 4) is 0 Å². The fourth-order valence-electron chi connectivity index (χ4n) is 1.60. The van der Waals surface area contributed by atoms with Gasteiger partial charge < -0.3 is 4.90 Å². The Morgan fingerprint density at radius 1 is 1.44 bits per heavy atom. The van der Waals surface area contributed by atoms with Crippen molar-refractivity contribution >= 4 is 22.7 Å². The van der Waals surface area contributed by atoms with E-state index in [-0.39, 0.29) is 5.78 Å². The average molecular weight is 234 g/mol. The van der Waals surface area contributed by atoms with Crippen LogP contribution in [0.25, 0.3) is 0 Å². The maximum Gasteiger partial charge on any atom is 0.182 e. The number of nitrogens with one attached hydrogen (secondary N) is 1. The van der Waals surface area contributed by atoms with Gasteiger partial charge in [-0.05, 0) is 6.92 Å². The summed E-state index contributed by atoms with van der Waals surface area (Å²) >= 11 is 1.50.